The molecular weight excluding hydrogens is 402 g/mol. The van der Waals surface area contributed by atoms with E-state index in [2.05, 4.69) is 21.9 Å². The van der Waals surface area contributed by atoms with E-state index in [1.54, 1.807) is 23.2 Å². The second-order valence-corrected chi connectivity index (χ2v) is 10.3. The van der Waals surface area contributed by atoms with Gasteiger partial charge in [0.05, 0.1) is 11.9 Å². The van der Waals surface area contributed by atoms with E-state index < -0.39 is 10.0 Å². The first kappa shape index (κ1) is 20.9. The first-order valence-electron chi connectivity index (χ1n) is 10.4. The van der Waals surface area contributed by atoms with Gasteiger partial charge >= 0.3 is 0 Å². The zero-order chi connectivity index (χ0) is 21.5. The lowest BCUT2D eigenvalue weighted by atomic mass is 10.1. The van der Waals surface area contributed by atoms with Crippen LogP contribution in [0.2, 0.25) is 0 Å². The van der Waals surface area contributed by atoms with Crippen LogP contribution in [0.5, 0.6) is 0 Å². The highest BCUT2D eigenvalue weighted by Crippen LogP contribution is 2.39. The number of piperazine rings is 1. The molecule has 30 heavy (non-hydrogen) atoms. The van der Waals surface area contributed by atoms with Crippen molar-refractivity contribution in [1.29, 1.82) is 0 Å². The number of carbonyl (C=O) groups is 1. The molecule has 1 aliphatic carbocycles. The molecule has 160 valence electrons. The molecule has 0 bridgehead atoms. The van der Waals surface area contributed by atoms with E-state index in [0.717, 1.165) is 6.42 Å². The predicted octanol–water partition coefficient (Wildman–Crippen LogP) is 2.15. The van der Waals surface area contributed by atoms with Crippen LogP contribution >= 0.6 is 0 Å². The molecule has 2 fully saturated rings. The number of nitrogens with zero attached hydrogens (tertiary/aromatic N) is 5. The van der Waals surface area contributed by atoms with Gasteiger partial charge in [0.25, 0.3) is 0 Å². The van der Waals surface area contributed by atoms with Gasteiger partial charge in [0.2, 0.25) is 15.9 Å². The van der Waals surface area contributed by atoms with E-state index in [4.69, 9.17) is 0 Å². The lowest BCUT2D eigenvalue weighted by Crippen LogP contribution is -2.51. The molecule has 2 aliphatic rings. The molecule has 9 heteroatoms. The normalized spacial score (nSPS) is 22.3. The molecule has 1 amide bonds. The number of carbonyl (C=O) groups excluding carboxylic acids is 1. The summed E-state index contributed by atoms with van der Waals surface area (Å²) in [5.74, 6) is 1.04. The molecule has 1 saturated carbocycles. The number of aromatic nitrogens is 3. The molecular formula is C21H27N5O3S. The monoisotopic (exact) mass is 429 g/mol. The minimum Gasteiger partial charge on any atom is -0.340 e. The Hall–Kier alpha value is -2.39. The largest absolute Gasteiger partial charge is 0.340 e. The smallest absolute Gasteiger partial charge is 0.246 e. The average molecular weight is 430 g/mol. The summed E-state index contributed by atoms with van der Waals surface area (Å²) in [5, 5.41) is 0. The first-order chi connectivity index (χ1) is 14.3. The Kier molecular flexibility index (Phi) is 5.59. The fourth-order valence-corrected chi connectivity index (χ4v) is 5.46. The third kappa shape index (κ3) is 3.96. The van der Waals surface area contributed by atoms with Crippen LogP contribution in [0, 0.1) is 11.8 Å². The van der Waals surface area contributed by atoms with Crippen LogP contribution in [0.1, 0.15) is 38.8 Å². The third-order valence-corrected chi connectivity index (χ3v) is 7.73. The van der Waals surface area contributed by atoms with Crippen LogP contribution in [0.25, 0.3) is 11.5 Å². The molecule has 1 aliphatic heterocycles. The minimum absolute atomic E-state index is 0.0977. The highest BCUT2D eigenvalue weighted by molar-refractivity contribution is 7.89. The van der Waals surface area contributed by atoms with Gasteiger partial charge in [-0.3, -0.25) is 9.78 Å². The summed E-state index contributed by atoms with van der Waals surface area (Å²) in [6, 6.07) is 5.44. The molecule has 2 aromatic heterocycles. The second-order valence-electron chi connectivity index (χ2n) is 8.36. The fraction of sp³-hybridized carbons (Fsp3) is 0.524. The van der Waals surface area contributed by atoms with Gasteiger partial charge in [-0.15, -0.1) is 0 Å². The minimum atomic E-state index is -3.75. The van der Waals surface area contributed by atoms with Gasteiger partial charge in [0.15, 0.2) is 5.82 Å². The van der Waals surface area contributed by atoms with E-state index in [1.807, 2.05) is 19.9 Å². The number of hydrogen-bond acceptors (Lipinski definition) is 6. The molecule has 0 aromatic carbocycles. The van der Waals surface area contributed by atoms with Crippen LogP contribution in [0.15, 0.2) is 35.5 Å². The standard InChI is InChI=1S/C21H27N5O3S/c1-14(2)19-18(13-23-20(24-19)17-6-4-5-7-22-17)30(28,29)26-10-8-25(9-11-26)21(27)16-12-15(16)3/h4-7,13-16H,8-12H2,1-3H3/t15-,16-/m0/s1. The van der Waals surface area contributed by atoms with Gasteiger partial charge in [-0.25, -0.2) is 18.4 Å². The highest BCUT2D eigenvalue weighted by atomic mass is 32.2. The second kappa shape index (κ2) is 8.03. The summed E-state index contributed by atoms with van der Waals surface area (Å²) in [6.45, 7) is 7.32. The molecule has 2 aromatic rings. The summed E-state index contributed by atoms with van der Waals surface area (Å²) in [5.41, 5.74) is 1.08. The lowest BCUT2D eigenvalue weighted by molar-refractivity contribution is -0.134. The van der Waals surface area contributed by atoms with Crippen LogP contribution in [0.3, 0.4) is 0 Å². The molecule has 0 unspecified atom stereocenters. The van der Waals surface area contributed by atoms with Crippen LogP contribution in [0.4, 0.5) is 0 Å². The van der Waals surface area contributed by atoms with Crippen molar-refractivity contribution < 1.29 is 13.2 Å². The molecule has 0 spiro atoms. The van der Waals surface area contributed by atoms with Crippen molar-refractivity contribution in [2.45, 2.75) is 38.0 Å². The van der Waals surface area contributed by atoms with Crippen molar-refractivity contribution in [2.75, 3.05) is 26.2 Å². The van der Waals surface area contributed by atoms with E-state index >= 15 is 0 Å². The zero-order valence-electron chi connectivity index (χ0n) is 17.5. The summed E-state index contributed by atoms with van der Waals surface area (Å²) < 4.78 is 28.2. The Bertz CT molecular complexity index is 1030. The van der Waals surface area contributed by atoms with Gasteiger partial charge in [-0.2, -0.15) is 4.31 Å². The number of rotatable bonds is 5. The van der Waals surface area contributed by atoms with Crippen LogP contribution < -0.4 is 0 Å². The van der Waals surface area contributed by atoms with E-state index in [-0.39, 0.29) is 35.7 Å². The number of sulfonamides is 1. The molecule has 2 atom stereocenters. The Morgan fingerprint density at radius 2 is 1.83 bits per heavy atom. The van der Waals surface area contributed by atoms with Crippen molar-refractivity contribution in [3.63, 3.8) is 0 Å². The number of pyridine rings is 1. The molecule has 0 N–H and O–H groups in total. The summed E-state index contributed by atoms with van der Waals surface area (Å²) >= 11 is 0. The Morgan fingerprint density at radius 1 is 1.13 bits per heavy atom. The van der Waals surface area contributed by atoms with Gasteiger partial charge in [0, 0.05) is 38.3 Å². The third-order valence-electron chi connectivity index (χ3n) is 5.82. The van der Waals surface area contributed by atoms with Crippen molar-refractivity contribution >= 4 is 15.9 Å². The Labute approximate surface area is 177 Å². The first-order valence-corrected chi connectivity index (χ1v) is 11.8. The van der Waals surface area contributed by atoms with Crippen molar-refractivity contribution in [1.82, 2.24) is 24.2 Å². The molecule has 0 radical (unpaired) electrons. The van der Waals surface area contributed by atoms with Crippen LogP contribution in [-0.4, -0.2) is 64.7 Å². The Morgan fingerprint density at radius 3 is 2.40 bits per heavy atom. The number of amides is 1. The highest BCUT2D eigenvalue weighted by Gasteiger charge is 2.43. The predicted molar refractivity (Wildman–Crippen MR) is 112 cm³/mol. The topological polar surface area (TPSA) is 96.4 Å². The molecule has 8 nitrogen and oxygen atoms in total. The lowest BCUT2D eigenvalue weighted by Gasteiger charge is -2.34. The summed E-state index contributed by atoms with van der Waals surface area (Å²) in [4.78, 5) is 27.5. The van der Waals surface area contributed by atoms with Gasteiger partial charge in [0.1, 0.15) is 10.6 Å². The van der Waals surface area contributed by atoms with Crippen molar-refractivity contribution in [3.05, 3.63) is 36.3 Å². The maximum atomic E-state index is 13.4. The van der Waals surface area contributed by atoms with Gasteiger partial charge in [-0.05, 0) is 30.4 Å². The van der Waals surface area contributed by atoms with E-state index in [9.17, 15) is 13.2 Å². The molecule has 4 rings (SSSR count). The fourth-order valence-electron chi connectivity index (χ4n) is 3.80. The molecule has 3 heterocycles. The maximum Gasteiger partial charge on any atom is 0.246 e. The van der Waals surface area contributed by atoms with Gasteiger partial charge in [-0.1, -0.05) is 26.8 Å². The maximum absolute atomic E-state index is 13.4. The van der Waals surface area contributed by atoms with Crippen molar-refractivity contribution in [2.24, 2.45) is 11.8 Å². The summed E-state index contributed by atoms with van der Waals surface area (Å²) in [6.07, 6.45) is 3.99. The SMILES string of the molecule is CC(C)c1nc(-c2ccccn2)ncc1S(=O)(=O)N1CCN(C(=O)[C@H]2C[C@@H]2C)CC1. The van der Waals surface area contributed by atoms with E-state index in [1.165, 1.54) is 10.5 Å². The summed E-state index contributed by atoms with van der Waals surface area (Å²) in [7, 11) is -3.75. The zero-order valence-corrected chi connectivity index (χ0v) is 18.3. The quantitative estimate of drug-likeness (QED) is 0.723. The number of hydrogen-bond donors (Lipinski definition) is 0. The van der Waals surface area contributed by atoms with Crippen molar-refractivity contribution in [3.8, 4) is 11.5 Å². The van der Waals surface area contributed by atoms with E-state index in [0.29, 0.717) is 36.2 Å². The van der Waals surface area contributed by atoms with Crippen LogP contribution in [-0.2, 0) is 14.8 Å². The average Bonchev–Trinajstić information content (AvgIpc) is 3.50. The van der Waals surface area contributed by atoms with Gasteiger partial charge < -0.3 is 4.90 Å². The Balaban J connectivity index is 1.56. The molecule has 1 saturated heterocycles.